The van der Waals surface area contributed by atoms with Crippen LogP contribution in [-0.4, -0.2) is 30.2 Å². The molecule has 188 valence electrons. The highest BCUT2D eigenvalue weighted by molar-refractivity contribution is 6.22. The Morgan fingerprint density at radius 1 is 0.865 bits per heavy atom. The fourth-order valence-corrected chi connectivity index (χ4v) is 7.10. The predicted octanol–water partition coefficient (Wildman–Crippen LogP) is 3.77. The molecule has 37 heavy (non-hydrogen) atoms. The number of hydrogen-bond acceptors (Lipinski definition) is 5. The molecule has 8 rings (SSSR count). The van der Waals surface area contributed by atoms with Crippen molar-refractivity contribution in [3.05, 3.63) is 66.2 Å². The molecule has 2 bridgehead atoms. The molecule has 0 spiro atoms. The van der Waals surface area contributed by atoms with Crippen LogP contribution in [0.3, 0.4) is 0 Å². The Hall–Kier alpha value is -3.74. The summed E-state index contributed by atoms with van der Waals surface area (Å²) in [5.41, 5.74) is 2.48. The number of rotatable bonds is 5. The summed E-state index contributed by atoms with van der Waals surface area (Å²) in [5.74, 6) is -0.0297. The van der Waals surface area contributed by atoms with Gasteiger partial charge in [0.1, 0.15) is 5.75 Å². The number of amides is 3. The van der Waals surface area contributed by atoms with Gasteiger partial charge >= 0.3 is 5.97 Å². The fourth-order valence-electron chi connectivity index (χ4n) is 7.10. The third-order valence-electron chi connectivity index (χ3n) is 9.09. The molecular formula is C30H28N2O5. The molecule has 6 aliphatic rings. The number of allylic oxidation sites excluding steroid dienone is 2. The maximum absolute atomic E-state index is 13.3. The average Bonchev–Trinajstić information content (AvgIpc) is 3.60. The van der Waals surface area contributed by atoms with Crippen molar-refractivity contribution >= 4 is 35.1 Å². The van der Waals surface area contributed by atoms with Gasteiger partial charge in [-0.2, -0.15) is 0 Å². The van der Waals surface area contributed by atoms with Gasteiger partial charge in [-0.1, -0.05) is 31.2 Å². The van der Waals surface area contributed by atoms with Crippen LogP contribution >= 0.6 is 0 Å². The van der Waals surface area contributed by atoms with E-state index in [4.69, 9.17) is 4.74 Å². The Labute approximate surface area is 215 Å². The van der Waals surface area contributed by atoms with E-state index in [1.165, 1.54) is 10.5 Å². The maximum atomic E-state index is 13.3. The van der Waals surface area contributed by atoms with Crippen LogP contribution in [0.15, 0.2) is 60.7 Å². The zero-order chi connectivity index (χ0) is 25.4. The van der Waals surface area contributed by atoms with Crippen LogP contribution in [0.1, 0.15) is 25.3 Å². The lowest BCUT2D eigenvalue weighted by Crippen LogP contribution is -2.40. The molecule has 0 N–H and O–H groups in total. The van der Waals surface area contributed by atoms with E-state index < -0.39 is 11.9 Å². The summed E-state index contributed by atoms with van der Waals surface area (Å²) in [5, 5.41) is 0. The monoisotopic (exact) mass is 496 g/mol. The number of hydrogen-bond donors (Lipinski definition) is 0. The van der Waals surface area contributed by atoms with E-state index >= 15 is 0 Å². The number of ether oxygens (including phenoxy) is 1. The average molecular weight is 497 g/mol. The minimum absolute atomic E-state index is 0.102. The number of carbonyl (C=O) groups excluding carboxylic acids is 4. The lowest BCUT2D eigenvalue weighted by molar-refractivity contribution is -0.139. The molecule has 2 aromatic carbocycles. The van der Waals surface area contributed by atoms with Crippen molar-refractivity contribution in [1.29, 1.82) is 0 Å². The summed E-state index contributed by atoms with van der Waals surface area (Å²) in [7, 11) is 0. The zero-order valence-electron chi connectivity index (χ0n) is 20.6. The first kappa shape index (κ1) is 22.5. The van der Waals surface area contributed by atoms with Crippen molar-refractivity contribution in [2.75, 3.05) is 16.3 Å². The molecule has 0 aromatic heterocycles. The highest BCUT2D eigenvalue weighted by Crippen LogP contribution is 2.65. The minimum Gasteiger partial charge on any atom is -0.426 e. The third kappa shape index (κ3) is 3.40. The molecule has 2 saturated heterocycles. The number of nitrogens with zero attached hydrogens (tertiary/aromatic N) is 2. The lowest BCUT2D eigenvalue weighted by atomic mass is 9.63. The number of esters is 1. The summed E-state index contributed by atoms with van der Waals surface area (Å²) in [6.45, 7) is 2.35. The normalized spacial score (nSPS) is 33.1. The first-order valence-corrected chi connectivity index (χ1v) is 13.2. The van der Waals surface area contributed by atoms with Crippen molar-refractivity contribution in [3.63, 3.8) is 0 Å². The summed E-state index contributed by atoms with van der Waals surface area (Å²) < 4.78 is 5.58. The van der Waals surface area contributed by atoms with Gasteiger partial charge in [0.25, 0.3) is 0 Å². The van der Waals surface area contributed by atoms with Gasteiger partial charge in [-0.05, 0) is 78.5 Å². The van der Waals surface area contributed by atoms with Crippen molar-refractivity contribution in [1.82, 2.24) is 0 Å². The number of anilines is 2. The highest BCUT2D eigenvalue weighted by atomic mass is 16.5. The van der Waals surface area contributed by atoms with E-state index in [0.29, 0.717) is 23.3 Å². The van der Waals surface area contributed by atoms with Crippen LogP contribution in [0.5, 0.6) is 5.75 Å². The van der Waals surface area contributed by atoms with Crippen LogP contribution < -0.4 is 14.5 Å². The van der Waals surface area contributed by atoms with Crippen LogP contribution in [0.25, 0.3) is 0 Å². The maximum Gasteiger partial charge on any atom is 0.316 e. The summed E-state index contributed by atoms with van der Waals surface area (Å²) in [6.07, 6.45) is 6.47. The van der Waals surface area contributed by atoms with Crippen LogP contribution in [0.4, 0.5) is 11.4 Å². The second-order valence-corrected chi connectivity index (χ2v) is 11.0. The molecule has 2 aromatic rings. The Bertz CT molecular complexity index is 1310. The van der Waals surface area contributed by atoms with E-state index in [1.807, 2.05) is 24.3 Å². The molecule has 7 heteroatoms. The molecule has 4 fully saturated rings. The summed E-state index contributed by atoms with van der Waals surface area (Å²) in [6, 6.07) is 14.3. The molecular weight excluding hydrogens is 468 g/mol. The highest BCUT2D eigenvalue weighted by Gasteiger charge is 2.67. The van der Waals surface area contributed by atoms with Crippen molar-refractivity contribution in [3.8, 4) is 5.75 Å². The van der Waals surface area contributed by atoms with Gasteiger partial charge in [0, 0.05) is 18.7 Å². The Kier molecular flexibility index (Phi) is 4.94. The number of aryl methyl sites for hydroxylation is 1. The van der Waals surface area contributed by atoms with E-state index in [1.54, 1.807) is 29.2 Å². The predicted molar refractivity (Wildman–Crippen MR) is 136 cm³/mol. The van der Waals surface area contributed by atoms with Gasteiger partial charge in [0.05, 0.1) is 23.4 Å². The lowest BCUT2D eigenvalue weighted by Gasteiger charge is -2.37. The molecule has 2 aliphatic heterocycles. The van der Waals surface area contributed by atoms with Gasteiger partial charge < -0.3 is 9.64 Å². The molecule has 2 heterocycles. The smallest absolute Gasteiger partial charge is 0.316 e. The standard InChI is InChI=1S/C30H28N2O5/c1-2-16-3-5-18(6-4-16)31-15-17(13-25(31)33)30(36)37-20-9-7-19(8-10-20)32-28(34)26-21-11-12-22(24-14-23(21)24)27(26)29(32)35/h3-12,17,21-24,26-27H,2,13-15H2,1H3/t17-,21+,22+,23+,24+,26-,27-/m1/s1. The SMILES string of the molecule is CCc1ccc(N2C[C@H](C(=O)Oc3ccc(N4C(=O)[C@@H]5[C@H]6C=C[C@@H]([C@@H]7C[C@@H]67)[C@H]5C4=O)cc3)CC2=O)cc1. The van der Waals surface area contributed by atoms with E-state index in [0.717, 1.165) is 18.5 Å². The summed E-state index contributed by atoms with van der Waals surface area (Å²) in [4.78, 5) is 55.0. The topological polar surface area (TPSA) is 84.0 Å². The molecule has 4 aliphatic carbocycles. The quantitative estimate of drug-likeness (QED) is 0.272. The van der Waals surface area contributed by atoms with Crippen molar-refractivity contribution < 1.29 is 23.9 Å². The molecule has 0 radical (unpaired) electrons. The molecule has 7 atom stereocenters. The second-order valence-electron chi connectivity index (χ2n) is 11.0. The van der Waals surface area contributed by atoms with E-state index in [-0.39, 0.29) is 54.4 Å². The number of benzene rings is 2. The van der Waals surface area contributed by atoms with Crippen LogP contribution in [0, 0.1) is 41.4 Å². The van der Waals surface area contributed by atoms with Crippen molar-refractivity contribution in [2.45, 2.75) is 26.2 Å². The van der Waals surface area contributed by atoms with Gasteiger partial charge in [0.2, 0.25) is 17.7 Å². The molecule has 2 saturated carbocycles. The first-order valence-electron chi connectivity index (χ1n) is 13.2. The Morgan fingerprint density at radius 2 is 1.46 bits per heavy atom. The van der Waals surface area contributed by atoms with E-state index in [2.05, 4.69) is 19.1 Å². The zero-order valence-corrected chi connectivity index (χ0v) is 20.6. The Morgan fingerprint density at radius 3 is 2.05 bits per heavy atom. The van der Waals surface area contributed by atoms with Crippen LogP contribution in [-0.2, 0) is 25.6 Å². The van der Waals surface area contributed by atoms with Crippen molar-refractivity contribution in [2.24, 2.45) is 41.4 Å². The third-order valence-corrected chi connectivity index (χ3v) is 9.09. The van der Waals surface area contributed by atoms with Gasteiger partial charge in [-0.25, -0.2) is 0 Å². The molecule has 0 unspecified atom stereocenters. The van der Waals surface area contributed by atoms with E-state index in [9.17, 15) is 19.2 Å². The molecule has 7 nitrogen and oxygen atoms in total. The first-order chi connectivity index (χ1) is 17.9. The fraction of sp³-hybridized carbons (Fsp3) is 0.400. The second kappa shape index (κ2) is 8.13. The summed E-state index contributed by atoms with van der Waals surface area (Å²) >= 11 is 0. The largest absolute Gasteiger partial charge is 0.426 e. The number of imide groups is 1. The van der Waals surface area contributed by atoms with Gasteiger partial charge in [-0.3, -0.25) is 24.1 Å². The van der Waals surface area contributed by atoms with Gasteiger partial charge in [-0.15, -0.1) is 0 Å². The molecule has 3 amide bonds. The number of carbonyl (C=O) groups is 4. The van der Waals surface area contributed by atoms with Gasteiger partial charge in [0.15, 0.2) is 0 Å². The van der Waals surface area contributed by atoms with Crippen LogP contribution in [0.2, 0.25) is 0 Å². The minimum atomic E-state index is -0.558. The Balaban J connectivity index is 1.02.